The van der Waals surface area contributed by atoms with Crippen molar-refractivity contribution in [3.63, 3.8) is 0 Å². The predicted molar refractivity (Wildman–Crippen MR) is 76.4 cm³/mol. The molecule has 2 rings (SSSR count). The summed E-state index contributed by atoms with van der Waals surface area (Å²) in [5.41, 5.74) is 4.66. The third-order valence-corrected chi connectivity index (χ3v) is 4.51. The molecule has 92 valence electrons. The van der Waals surface area contributed by atoms with Gasteiger partial charge in [0.2, 0.25) is 0 Å². The van der Waals surface area contributed by atoms with E-state index in [4.69, 9.17) is 0 Å². The predicted octanol–water partition coefficient (Wildman–Crippen LogP) is 4.86. The summed E-state index contributed by atoms with van der Waals surface area (Å²) in [6.07, 6.45) is 0. The van der Waals surface area contributed by atoms with Gasteiger partial charge in [-0.3, -0.25) is 4.57 Å². The monoisotopic (exact) mass is 256 g/mol. The molecule has 1 unspecified atom stereocenters. The second-order valence-corrected chi connectivity index (χ2v) is 5.85. The Morgan fingerprint density at radius 3 is 2.22 bits per heavy atom. The molecule has 2 heteroatoms. The summed E-state index contributed by atoms with van der Waals surface area (Å²) >= 11 is 0. The van der Waals surface area contributed by atoms with Crippen molar-refractivity contribution in [2.75, 3.05) is 0 Å². The molecule has 0 N–H and O–H groups in total. The van der Waals surface area contributed by atoms with Gasteiger partial charge in [0.1, 0.15) is 0 Å². The molecular weight excluding hydrogens is 239 g/mol. The van der Waals surface area contributed by atoms with Crippen LogP contribution < -0.4 is 0 Å². The topological polar surface area (TPSA) is 17.1 Å². The Labute approximate surface area is 110 Å². The average Bonchev–Trinajstić information content (AvgIpc) is 2.42. The van der Waals surface area contributed by atoms with Gasteiger partial charge in [-0.15, -0.1) is 0 Å². The zero-order chi connectivity index (χ0) is 13.2. The molecule has 0 spiro atoms. The van der Waals surface area contributed by atoms with Crippen LogP contribution in [0.5, 0.6) is 0 Å². The van der Waals surface area contributed by atoms with Crippen LogP contribution in [0.2, 0.25) is 0 Å². The van der Waals surface area contributed by atoms with Crippen molar-refractivity contribution in [1.82, 2.24) is 0 Å². The van der Waals surface area contributed by atoms with E-state index in [1.54, 1.807) is 0 Å². The van der Waals surface area contributed by atoms with E-state index in [0.717, 1.165) is 11.1 Å². The Morgan fingerprint density at radius 1 is 0.944 bits per heavy atom. The molecule has 0 aliphatic rings. The molecule has 0 radical (unpaired) electrons. The van der Waals surface area contributed by atoms with Crippen molar-refractivity contribution in [3.8, 4) is 0 Å². The maximum Gasteiger partial charge on any atom is 0.171 e. The van der Waals surface area contributed by atoms with Gasteiger partial charge in [-0.05, 0) is 43.0 Å². The largest absolute Gasteiger partial charge is 0.274 e. The van der Waals surface area contributed by atoms with Crippen molar-refractivity contribution in [3.05, 3.63) is 70.8 Å². The molecule has 18 heavy (non-hydrogen) atoms. The Kier molecular flexibility index (Phi) is 3.63. The van der Waals surface area contributed by atoms with E-state index in [1.165, 1.54) is 11.1 Å². The van der Waals surface area contributed by atoms with E-state index in [-0.39, 0.29) is 8.46 Å². The lowest BCUT2D eigenvalue weighted by Crippen LogP contribution is -2.17. The molecule has 0 aromatic heterocycles. The second-order valence-electron chi connectivity index (χ2n) is 4.78. The maximum absolute atomic E-state index is 11.8. The van der Waals surface area contributed by atoms with Crippen LogP contribution in [0.25, 0.3) is 0 Å². The molecular formula is C16H17OP. The minimum atomic E-state index is -0.475. The average molecular weight is 256 g/mol. The fraction of sp³-hybridized carbons (Fsp3) is 0.250. The van der Waals surface area contributed by atoms with Crippen molar-refractivity contribution < 1.29 is 4.57 Å². The fourth-order valence-electron chi connectivity index (χ4n) is 2.30. The molecule has 0 saturated heterocycles. The Bertz CT molecular complexity index is 563. The highest BCUT2D eigenvalue weighted by Crippen LogP contribution is 2.43. The SMILES string of the molecule is Cc1cccc(C(C)(P=O)c2ccccc2)c1C. The van der Waals surface area contributed by atoms with E-state index in [0.29, 0.717) is 0 Å². The summed E-state index contributed by atoms with van der Waals surface area (Å²) in [4.78, 5) is 0. The highest BCUT2D eigenvalue weighted by Gasteiger charge is 2.31. The van der Waals surface area contributed by atoms with Crippen LogP contribution in [0.3, 0.4) is 0 Å². The molecule has 1 nitrogen and oxygen atoms in total. The van der Waals surface area contributed by atoms with Crippen molar-refractivity contribution >= 4 is 8.46 Å². The van der Waals surface area contributed by atoms with Gasteiger partial charge in [-0.2, -0.15) is 0 Å². The molecule has 0 fully saturated rings. The standard InChI is InChI=1S/C16H17OP/c1-12-8-7-11-15(13(12)2)16(3,18-17)14-9-5-4-6-10-14/h4-11H,1-3H3. The minimum absolute atomic E-state index is 0.125. The summed E-state index contributed by atoms with van der Waals surface area (Å²) < 4.78 is 11.8. The first kappa shape index (κ1) is 13.0. The third-order valence-electron chi connectivity index (χ3n) is 3.65. The van der Waals surface area contributed by atoms with Crippen molar-refractivity contribution in [1.29, 1.82) is 0 Å². The zero-order valence-corrected chi connectivity index (χ0v) is 11.9. The van der Waals surface area contributed by atoms with Crippen molar-refractivity contribution in [2.24, 2.45) is 0 Å². The van der Waals surface area contributed by atoms with Gasteiger partial charge >= 0.3 is 0 Å². The van der Waals surface area contributed by atoms with Gasteiger partial charge in [-0.1, -0.05) is 48.5 Å². The van der Waals surface area contributed by atoms with E-state index >= 15 is 0 Å². The summed E-state index contributed by atoms with van der Waals surface area (Å²) in [6.45, 7) is 6.21. The van der Waals surface area contributed by atoms with Gasteiger partial charge in [0.15, 0.2) is 8.46 Å². The molecule has 2 aromatic carbocycles. The Morgan fingerprint density at radius 2 is 1.61 bits per heavy atom. The number of hydrogen-bond acceptors (Lipinski definition) is 1. The first-order valence-corrected chi connectivity index (χ1v) is 6.87. The van der Waals surface area contributed by atoms with E-state index < -0.39 is 5.16 Å². The van der Waals surface area contributed by atoms with E-state index in [9.17, 15) is 4.57 Å². The lowest BCUT2D eigenvalue weighted by molar-refractivity contribution is 0.581. The number of rotatable bonds is 3. The van der Waals surface area contributed by atoms with Crippen molar-refractivity contribution in [2.45, 2.75) is 25.9 Å². The van der Waals surface area contributed by atoms with E-state index in [1.807, 2.05) is 43.3 Å². The fourth-order valence-corrected chi connectivity index (χ4v) is 2.89. The van der Waals surface area contributed by atoms with Gasteiger partial charge in [-0.25, -0.2) is 0 Å². The third kappa shape index (κ3) is 2.11. The molecule has 0 aliphatic carbocycles. The normalized spacial score (nSPS) is 14.4. The van der Waals surface area contributed by atoms with Crippen LogP contribution in [0.4, 0.5) is 0 Å². The van der Waals surface area contributed by atoms with Crippen LogP contribution in [0, 0.1) is 13.8 Å². The van der Waals surface area contributed by atoms with E-state index in [2.05, 4.69) is 26.0 Å². The smallest absolute Gasteiger partial charge is 0.171 e. The quantitative estimate of drug-likeness (QED) is 0.717. The van der Waals surface area contributed by atoms with Crippen LogP contribution in [0.15, 0.2) is 48.5 Å². The summed E-state index contributed by atoms with van der Waals surface area (Å²) in [5.74, 6) is 0. The Balaban J connectivity index is 2.64. The van der Waals surface area contributed by atoms with Crippen LogP contribution in [0.1, 0.15) is 29.2 Å². The maximum atomic E-state index is 11.8. The second kappa shape index (κ2) is 5.04. The summed E-state index contributed by atoms with van der Waals surface area (Å²) in [6, 6.07) is 16.2. The van der Waals surface area contributed by atoms with Crippen LogP contribution in [-0.4, -0.2) is 0 Å². The molecule has 0 bridgehead atoms. The van der Waals surface area contributed by atoms with Gasteiger partial charge in [0, 0.05) is 0 Å². The zero-order valence-electron chi connectivity index (χ0n) is 11.0. The molecule has 0 aliphatic heterocycles. The number of aryl methyl sites for hydroxylation is 1. The first-order valence-electron chi connectivity index (χ1n) is 6.06. The molecule has 1 atom stereocenters. The lowest BCUT2D eigenvalue weighted by Gasteiger charge is -2.25. The van der Waals surface area contributed by atoms with Crippen LogP contribution in [-0.2, 0) is 9.72 Å². The van der Waals surface area contributed by atoms with Gasteiger partial charge < -0.3 is 0 Å². The highest BCUT2D eigenvalue weighted by atomic mass is 31.1. The van der Waals surface area contributed by atoms with Crippen LogP contribution >= 0.6 is 8.46 Å². The summed E-state index contributed by atoms with van der Waals surface area (Å²) in [7, 11) is 0.125. The van der Waals surface area contributed by atoms with Gasteiger partial charge in [0.05, 0.1) is 5.16 Å². The molecule has 0 heterocycles. The molecule has 0 saturated carbocycles. The Hall–Kier alpha value is -1.46. The minimum Gasteiger partial charge on any atom is -0.274 e. The highest BCUT2D eigenvalue weighted by molar-refractivity contribution is 7.25. The number of benzene rings is 2. The summed E-state index contributed by atoms with van der Waals surface area (Å²) in [5, 5.41) is -0.475. The first-order chi connectivity index (χ1) is 8.59. The lowest BCUT2D eigenvalue weighted by atomic mass is 9.87. The van der Waals surface area contributed by atoms with Gasteiger partial charge in [0.25, 0.3) is 0 Å². The molecule has 0 amide bonds. The number of hydrogen-bond donors (Lipinski definition) is 0. The molecule has 2 aromatic rings.